The molecule has 2 fully saturated rings. The van der Waals surface area contributed by atoms with Gasteiger partial charge >= 0.3 is 12.1 Å². The van der Waals surface area contributed by atoms with Crippen LogP contribution >= 0.6 is 0 Å². The monoisotopic (exact) mass is 448 g/mol. The summed E-state index contributed by atoms with van der Waals surface area (Å²) in [6.45, 7) is 0.214. The van der Waals surface area contributed by atoms with Gasteiger partial charge < -0.3 is 20.5 Å². The van der Waals surface area contributed by atoms with Gasteiger partial charge in [0.1, 0.15) is 12.6 Å². The Labute approximate surface area is 192 Å². The lowest BCUT2D eigenvalue weighted by atomic mass is 9.98. The molecular formula is C26H28N2O5. The number of carboxylic acids is 1. The smallest absolute Gasteiger partial charge is 0.407 e. The fraction of sp³-hybridized carbons (Fsp3) is 0.423. The third kappa shape index (κ3) is 4.32. The maximum absolute atomic E-state index is 12.8. The number of carboxylic acid groups (broad SMARTS) is 1. The second kappa shape index (κ2) is 8.89. The third-order valence-electron chi connectivity index (χ3n) is 7.16. The molecule has 0 saturated heterocycles. The van der Waals surface area contributed by atoms with Gasteiger partial charge in [0.15, 0.2) is 0 Å². The van der Waals surface area contributed by atoms with E-state index in [1.807, 2.05) is 24.3 Å². The minimum atomic E-state index is -0.995. The van der Waals surface area contributed by atoms with Crippen molar-refractivity contribution in [1.29, 1.82) is 0 Å². The van der Waals surface area contributed by atoms with E-state index < -0.39 is 24.0 Å². The first-order chi connectivity index (χ1) is 16.0. The zero-order valence-electron chi connectivity index (χ0n) is 18.3. The number of amides is 2. The molecule has 3 aliphatic carbocycles. The van der Waals surface area contributed by atoms with Crippen LogP contribution < -0.4 is 10.6 Å². The fourth-order valence-electron chi connectivity index (χ4n) is 5.31. The molecule has 172 valence electrons. The van der Waals surface area contributed by atoms with E-state index in [0.717, 1.165) is 30.4 Å². The fourth-order valence-corrected chi connectivity index (χ4v) is 5.31. The number of ether oxygens (including phenoxy) is 1. The largest absolute Gasteiger partial charge is 0.480 e. The second-order valence-corrected chi connectivity index (χ2v) is 9.28. The van der Waals surface area contributed by atoms with Gasteiger partial charge in [-0.15, -0.1) is 0 Å². The van der Waals surface area contributed by atoms with Crippen molar-refractivity contribution in [3.63, 3.8) is 0 Å². The lowest BCUT2D eigenvalue weighted by molar-refractivity contribution is -0.143. The average Bonchev–Trinajstić information content (AvgIpc) is 3.46. The first-order valence-corrected chi connectivity index (χ1v) is 11.7. The van der Waals surface area contributed by atoms with Crippen molar-refractivity contribution in [3.8, 4) is 11.1 Å². The first kappa shape index (κ1) is 21.5. The number of nitrogens with one attached hydrogen (secondary N) is 2. The molecule has 0 aromatic heterocycles. The molecule has 33 heavy (non-hydrogen) atoms. The number of aliphatic carboxylic acids is 1. The Morgan fingerprint density at radius 1 is 0.939 bits per heavy atom. The number of alkyl carbamates (subject to hydrolysis) is 1. The molecule has 2 amide bonds. The van der Waals surface area contributed by atoms with Crippen LogP contribution in [0.2, 0.25) is 0 Å². The zero-order chi connectivity index (χ0) is 22.9. The SMILES string of the molecule is O=C(NC1CCCC1C(=O)NC(C(=O)O)C1CC1)OCC1c2ccccc2-c2ccccc21. The predicted molar refractivity (Wildman–Crippen MR) is 122 cm³/mol. The van der Waals surface area contributed by atoms with Crippen LogP contribution in [0.3, 0.4) is 0 Å². The Kier molecular flexibility index (Phi) is 5.79. The number of rotatable bonds is 7. The molecule has 3 atom stereocenters. The highest BCUT2D eigenvalue weighted by atomic mass is 16.5. The Balaban J connectivity index is 1.20. The average molecular weight is 449 g/mol. The summed E-state index contributed by atoms with van der Waals surface area (Å²) < 4.78 is 5.62. The summed E-state index contributed by atoms with van der Waals surface area (Å²) in [5.41, 5.74) is 4.62. The molecule has 0 heterocycles. The highest BCUT2D eigenvalue weighted by Gasteiger charge is 2.41. The van der Waals surface area contributed by atoms with Gasteiger partial charge in [0.2, 0.25) is 5.91 Å². The summed E-state index contributed by atoms with van der Waals surface area (Å²) in [6.07, 6.45) is 3.19. The van der Waals surface area contributed by atoms with Gasteiger partial charge in [0.25, 0.3) is 0 Å². The summed E-state index contributed by atoms with van der Waals surface area (Å²) in [7, 11) is 0. The molecular weight excluding hydrogens is 420 g/mol. The second-order valence-electron chi connectivity index (χ2n) is 9.28. The van der Waals surface area contributed by atoms with Crippen molar-refractivity contribution in [1.82, 2.24) is 10.6 Å². The number of hydrogen-bond donors (Lipinski definition) is 3. The summed E-state index contributed by atoms with van der Waals surface area (Å²) in [4.78, 5) is 36.9. The van der Waals surface area contributed by atoms with E-state index in [0.29, 0.717) is 12.8 Å². The topological polar surface area (TPSA) is 105 Å². The van der Waals surface area contributed by atoms with Gasteiger partial charge in [-0.3, -0.25) is 4.79 Å². The van der Waals surface area contributed by atoms with Crippen molar-refractivity contribution in [2.45, 2.75) is 50.1 Å². The normalized spacial score (nSPS) is 22.2. The van der Waals surface area contributed by atoms with E-state index in [9.17, 15) is 19.5 Å². The Bertz CT molecular complexity index is 1030. The molecule has 7 nitrogen and oxygen atoms in total. The number of carbonyl (C=O) groups is 3. The Hall–Kier alpha value is -3.35. The summed E-state index contributed by atoms with van der Waals surface area (Å²) in [6, 6.07) is 15.1. The molecule has 3 N–H and O–H groups in total. The van der Waals surface area contributed by atoms with Crippen molar-refractivity contribution in [2.75, 3.05) is 6.61 Å². The van der Waals surface area contributed by atoms with E-state index in [1.54, 1.807) is 0 Å². The Morgan fingerprint density at radius 3 is 2.18 bits per heavy atom. The molecule has 5 rings (SSSR count). The summed E-state index contributed by atoms with van der Waals surface area (Å²) in [5.74, 6) is -1.74. The molecule has 2 saturated carbocycles. The Morgan fingerprint density at radius 2 is 1.58 bits per heavy atom. The summed E-state index contributed by atoms with van der Waals surface area (Å²) >= 11 is 0. The van der Waals surface area contributed by atoms with Crippen LogP contribution in [0.4, 0.5) is 4.79 Å². The minimum Gasteiger partial charge on any atom is -0.480 e. The van der Waals surface area contributed by atoms with E-state index in [2.05, 4.69) is 34.9 Å². The van der Waals surface area contributed by atoms with Crippen molar-refractivity contribution >= 4 is 18.0 Å². The zero-order valence-corrected chi connectivity index (χ0v) is 18.3. The molecule has 0 aliphatic heterocycles. The van der Waals surface area contributed by atoms with E-state index in [1.165, 1.54) is 11.1 Å². The van der Waals surface area contributed by atoms with Crippen molar-refractivity contribution in [2.24, 2.45) is 11.8 Å². The van der Waals surface area contributed by atoms with Gasteiger partial charge in [-0.1, -0.05) is 55.0 Å². The van der Waals surface area contributed by atoms with Crippen LogP contribution in [0.1, 0.15) is 49.1 Å². The first-order valence-electron chi connectivity index (χ1n) is 11.7. The molecule has 3 unspecified atom stereocenters. The standard InChI is InChI=1S/C26H28N2O5/c29-24(28-23(25(30)31)15-12-13-15)20-10-5-11-22(20)27-26(32)33-14-21-18-8-3-1-6-16(18)17-7-2-4-9-19(17)21/h1-4,6-9,15,20-23H,5,10-14H2,(H,27,32)(H,28,29)(H,30,31). The van der Waals surface area contributed by atoms with Crippen molar-refractivity contribution in [3.05, 3.63) is 59.7 Å². The lowest BCUT2D eigenvalue weighted by Gasteiger charge is -2.23. The highest BCUT2D eigenvalue weighted by molar-refractivity contribution is 5.86. The van der Waals surface area contributed by atoms with Crippen LogP contribution in [-0.2, 0) is 14.3 Å². The van der Waals surface area contributed by atoms with Crippen LogP contribution in [0.5, 0.6) is 0 Å². The molecule has 0 spiro atoms. The van der Waals surface area contributed by atoms with E-state index >= 15 is 0 Å². The molecule has 3 aliphatic rings. The van der Waals surface area contributed by atoms with E-state index in [-0.39, 0.29) is 30.4 Å². The number of fused-ring (bicyclic) bond motifs is 3. The minimum absolute atomic E-state index is 0.0152. The van der Waals surface area contributed by atoms with Gasteiger partial charge in [-0.05, 0) is 53.9 Å². The number of benzene rings is 2. The van der Waals surface area contributed by atoms with Gasteiger partial charge in [-0.25, -0.2) is 9.59 Å². The van der Waals surface area contributed by atoms with Crippen LogP contribution in [0, 0.1) is 11.8 Å². The van der Waals surface area contributed by atoms with Crippen molar-refractivity contribution < 1.29 is 24.2 Å². The number of hydrogen-bond acceptors (Lipinski definition) is 4. The molecule has 0 radical (unpaired) electrons. The van der Waals surface area contributed by atoms with Crippen LogP contribution in [-0.4, -0.2) is 41.8 Å². The highest BCUT2D eigenvalue weighted by Crippen LogP contribution is 2.44. The maximum Gasteiger partial charge on any atom is 0.407 e. The number of carbonyl (C=O) groups excluding carboxylic acids is 2. The quantitative estimate of drug-likeness (QED) is 0.599. The lowest BCUT2D eigenvalue weighted by Crippen LogP contribution is -2.49. The molecule has 7 heteroatoms. The third-order valence-corrected chi connectivity index (χ3v) is 7.16. The maximum atomic E-state index is 12.8. The molecule has 2 aromatic carbocycles. The molecule has 2 aromatic rings. The van der Waals surface area contributed by atoms with Gasteiger partial charge in [0, 0.05) is 12.0 Å². The van der Waals surface area contributed by atoms with Gasteiger partial charge in [-0.2, -0.15) is 0 Å². The summed E-state index contributed by atoms with van der Waals surface area (Å²) in [5, 5.41) is 14.9. The van der Waals surface area contributed by atoms with Gasteiger partial charge in [0.05, 0.1) is 5.92 Å². The van der Waals surface area contributed by atoms with Crippen LogP contribution in [0.15, 0.2) is 48.5 Å². The molecule has 0 bridgehead atoms. The van der Waals surface area contributed by atoms with Crippen LogP contribution in [0.25, 0.3) is 11.1 Å². The van der Waals surface area contributed by atoms with E-state index in [4.69, 9.17) is 4.74 Å². The predicted octanol–water partition coefficient (Wildman–Crippen LogP) is 3.67.